The second kappa shape index (κ2) is 8.98. The van der Waals surface area contributed by atoms with E-state index in [-0.39, 0.29) is 40.8 Å². The third-order valence-corrected chi connectivity index (χ3v) is 5.11. The van der Waals surface area contributed by atoms with Crippen molar-refractivity contribution >= 4 is 27.5 Å². The Bertz CT molecular complexity index is 858. The zero-order valence-electron chi connectivity index (χ0n) is 14.4. The molecule has 0 spiro atoms. The van der Waals surface area contributed by atoms with Gasteiger partial charge in [0.25, 0.3) is 5.91 Å². The van der Waals surface area contributed by atoms with Gasteiger partial charge in [-0.2, -0.15) is 0 Å². The van der Waals surface area contributed by atoms with Crippen molar-refractivity contribution in [3.8, 4) is 5.75 Å². The average Bonchev–Trinajstić information content (AvgIpc) is 2.58. The van der Waals surface area contributed by atoms with E-state index in [0.717, 1.165) is 5.69 Å². The lowest BCUT2D eigenvalue weighted by Gasteiger charge is -2.12. The van der Waals surface area contributed by atoms with E-state index >= 15 is 0 Å². The molecule has 1 amide bonds. The van der Waals surface area contributed by atoms with Gasteiger partial charge in [-0.15, -0.1) is 0 Å². The second-order valence-corrected chi connectivity index (χ2v) is 7.88. The number of sulfonamides is 1. The number of nitrogens with one attached hydrogen (secondary N) is 2. The van der Waals surface area contributed by atoms with Gasteiger partial charge in [0.05, 0.1) is 22.2 Å². The Labute approximate surface area is 157 Å². The molecule has 0 aliphatic rings. The fraction of sp³-hybridized carbons (Fsp3) is 0.294. The van der Waals surface area contributed by atoms with Crippen molar-refractivity contribution < 1.29 is 17.9 Å². The molecule has 7 nitrogen and oxygen atoms in total. The molecule has 1 aromatic heterocycles. The smallest absolute Gasteiger partial charge is 0.258 e. The molecule has 0 aliphatic carbocycles. The Morgan fingerprint density at radius 3 is 2.65 bits per heavy atom. The predicted molar refractivity (Wildman–Crippen MR) is 98.5 cm³/mol. The summed E-state index contributed by atoms with van der Waals surface area (Å²) in [6.07, 6.45) is 1.64. The third kappa shape index (κ3) is 5.98. The Morgan fingerprint density at radius 1 is 1.27 bits per heavy atom. The molecule has 140 valence electrons. The molecule has 0 unspecified atom stereocenters. The zero-order chi connectivity index (χ0) is 19.2. The second-order valence-electron chi connectivity index (χ2n) is 5.75. The Morgan fingerprint density at radius 2 is 2.04 bits per heavy atom. The molecule has 2 aromatic rings. The Hall–Kier alpha value is -2.16. The van der Waals surface area contributed by atoms with E-state index in [2.05, 4.69) is 15.0 Å². The monoisotopic (exact) mass is 397 g/mol. The van der Waals surface area contributed by atoms with E-state index in [1.807, 2.05) is 6.07 Å². The number of benzene rings is 1. The molecule has 26 heavy (non-hydrogen) atoms. The van der Waals surface area contributed by atoms with E-state index in [0.29, 0.717) is 0 Å². The van der Waals surface area contributed by atoms with Crippen LogP contribution in [0.5, 0.6) is 5.75 Å². The summed E-state index contributed by atoms with van der Waals surface area (Å²) in [4.78, 5) is 16.0. The topological polar surface area (TPSA) is 97.4 Å². The molecule has 2 N–H and O–H groups in total. The number of hydrogen-bond donors (Lipinski definition) is 2. The minimum absolute atomic E-state index is 0.0307. The van der Waals surface area contributed by atoms with E-state index in [4.69, 9.17) is 16.3 Å². The van der Waals surface area contributed by atoms with Crippen LogP contribution >= 0.6 is 11.6 Å². The van der Waals surface area contributed by atoms with Crippen LogP contribution in [0.1, 0.15) is 19.5 Å². The number of aromatic nitrogens is 1. The van der Waals surface area contributed by atoms with Crippen LogP contribution in [0.25, 0.3) is 0 Å². The standard InChI is InChI=1S/C17H20ClN3O4S/c1-12(2)21-26(23,24)14-6-7-16(15(18)9-14)25-11-17(22)20-10-13-5-3-4-8-19-13/h3-9,12,21H,10-11H2,1-2H3,(H,20,22). The first-order chi connectivity index (χ1) is 12.3. The highest BCUT2D eigenvalue weighted by Gasteiger charge is 2.17. The summed E-state index contributed by atoms with van der Waals surface area (Å²) >= 11 is 6.07. The number of halogens is 1. The molecule has 0 fully saturated rings. The average molecular weight is 398 g/mol. The summed E-state index contributed by atoms with van der Waals surface area (Å²) < 4.78 is 32.0. The van der Waals surface area contributed by atoms with Gasteiger partial charge in [0, 0.05) is 12.2 Å². The largest absolute Gasteiger partial charge is 0.482 e. The normalized spacial score (nSPS) is 11.4. The number of amides is 1. The molecule has 0 saturated carbocycles. The van der Waals surface area contributed by atoms with Crippen LogP contribution in [0.15, 0.2) is 47.5 Å². The molecule has 2 rings (SSSR count). The quantitative estimate of drug-likeness (QED) is 0.711. The van der Waals surface area contributed by atoms with Crippen LogP contribution in [0.4, 0.5) is 0 Å². The minimum atomic E-state index is -3.65. The number of ether oxygens (including phenoxy) is 1. The predicted octanol–water partition coefficient (Wildman–Crippen LogP) is 2.12. The SMILES string of the molecule is CC(C)NS(=O)(=O)c1ccc(OCC(=O)NCc2ccccn2)c(Cl)c1. The van der Waals surface area contributed by atoms with Gasteiger partial charge in [0.1, 0.15) is 5.75 Å². The lowest BCUT2D eigenvalue weighted by molar-refractivity contribution is -0.123. The first-order valence-corrected chi connectivity index (χ1v) is 9.75. The van der Waals surface area contributed by atoms with Crippen LogP contribution in [0.3, 0.4) is 0 Å². The lowest BCUT2D eigenvalue weighted by Crippen LogP contribution is -2.30. The van der Waals surface area contributed by atoms with Gasteiger partial charge >= 0.3 is 0 Å². The van der Waals surface area contributed by atoms with E-state index in [9.17, 15) is 13.2 Å². The van der Waals surface area contributed by atoms with Gasteiger partial charge in [0.2, 0.25) is 10.0 Å². The summed E-state index contributed by atoms with van der Waals surface area (Å²) in [6.45, 7) is 3.48. The Kier molecular flexibility index (Phi) is 6.96. The molecule has 0 atom stereocenters. The molecule has 9 heteroatoms. The van der Waals surface area contributed by atoms with Crippen molar-refractivity contribution in [1.82, 2.24) is 15.0 Å². The number of hydrogen-bond acceptors (Lipinski definition) is 5. The molecule has 0 aliphatic heterocycles. The maximum absolute atomic E-state index is 12.1. The summed E-state index contributed by atoms with van der Waals surface area (Å²) in [5.41, 5.74) is 0.728. The van der Waals surface area contributed by atoms with E-state index in [1.165, 1.54) is 18.2 Å². The molecule has 0 radical (unpaired) electrons. The van der Waals surface area contributed by atoms with Gasteiger partial charge in [-0.3, -0.25) is 9.78 Å². The van der Waals surface area contributed by atoms with Crippen molar-refractivity contribution in [2.45, 2.75) is 31.3 Å². The molecule has 1 aromatic carbocycles. The molecular weight excluding hydrogens is 378 g/mol. The van der Waals surface area contributed by atoms with Crippen LogP contribution < -0.4 is 14.8 Å². The van der Waals surface area contributed by atoms with Gasteiger partial charge < -0.3 is 10.1 Å². The Balaban J connectivity index is 1.92. The summed E-state index contributed by atoms with van der Waals surface area (Å²) in [7, 11) is -3.65. The number of carbonyl (C=O) groups is 1. The van der Waals surface area contributed by atoms with Crippen LogP contribution in [0.2, 0.25) is 5.02 Å². The molecule has 0 saturated heterocycles. The fourth-order valence-corrected chi connectivity index (χ4v) is 3.61. The van der Waals surface area contributed by atoms with Crippen molar-refractivity contribution in [3.63, 3.8) is 0 Å². The van der Waals surface area contributed by atoms with Gasteiger partial charge in [-0.05, 0) is 44.2 Å². The maximum atomic E-state index is 12.1. The molecular formula is C17H20ClN3O4S. The van der Waals surface area contributed by atoms with E-state index in [1.54, 1.807) is 32.2 Å². The van der Waals surface area contributed by atoms with Crippen LogP contribution in [0, 0.1) is 0 Å². The first-order valence-electron chi connectivity index (χ1n) is 7.89. The lowest BCUT2D eigenvalue weighted by atomic mass is 10.3. The summed E-state index contributed by atoms with van der Waals surface area (Å²) in [5.74, 6) is -0.118. The van der Waals surface area contributed by atoms with Gasteiger partial charge in [-0.25, -0.2) is 13.1 Å². The highest BCUT2D eigenvalue weighted by Crippen LogP contribution is 2.27. The maximum Gasteiger partial charge on any atom is 0.258 e. The van der Waals surface area contributed by atoms with Crippen molar-refractivity contribution in [2.75, 3.05) is 6.61 Å². The highest BCUT2D eigenvalue weighted by atomic mass is 35.5. The minimum Gasteiger partial charge on any atom is -0.482 e. The third-order valence-electron chi connectivity index (χ3n) is 3.16. The van der Waals surface area contributed by atoms with E-state index < -0.39 is 10.0 Å². The number of carbonyl (C=O) groups excluding carboxylic acids is 1. The van der Waals surface area contributed by atoms with Crippen molar-refractivity contribution in [2.24, 2.45) is 0 Å². The summed E-state index contributed by atoms with van der Waals surface area (Å²) in [5, 5.41) is 2.78. The van der Waals surface area contributed by atoms with Gasteiger partial charge in [-0.1, -0.05) is 17.7 Å². The van der Waals surface area contributed by atoms with Gasteiger partial charge in [0.15, 0.2) is 6.61 Å². The fourth-order valence-electron chi connectivity index (χ4n) is 2.03. The summed E-state index contributed by atoms with van der Waals surface area (Å²) in [6, 6.07) is 9.25. The van der Waals surface area contributed by atoms with Crippen LogP contribution in [-0.2, 0) is 21.4 Å². The molecule has 0 bridgehead atoms. The number of nitrogens with zero attached hydrogens (tertiary/aromatic N) is 1. The highest BCUT2D eigenvalue weighted by molar-refractivity contribution is 7.89. The first kappa shape index (κ1) is 20.2. The van der Waals surface area contributed by atoms with Crippen molar-refractivity contribution in [1.29, 1.82) is 0 Å². The molecule has 1 heterocycles. The van der Waals surface area contributed by atoms with Crippen LogP contribution in [-0.4, -0.2) is 32.0 Å². The zero-order valence-corrected chi connectivity index (χ0v) is 16.0. The number of rotatable bonds is 8. The van der Waals surface area contributed by atoms with Crippen molar-refractivity contribution in [3.05, 3.63) is 53.3 Å². The number of pyridine rings is 1.